The van der Waals surface area contributed by atoms with Crippen molar-refractivity contribution >= 4 is 49.0 Å². The van der Waals surface area contributed by atoms with Crippen molar-refractivity contribution in [3.05, 3.63) is 0 Å². The van der Waals surface area contributed by atoms with E-state index in [1.54, 1.807) is 0 Å². The fraction of sp³-hybridized carbons (Fsp3) is 1.00. The van der Waals surface area contributed by atoms with Gasteiger partial charge >= 0.3 is 17.6 Å². The Morgan fingerprint density at radius 2 is 0.667 bits per heavy atom. The average molecular weight is 563 g/mol. The van der Waals surface area contributed by atoms with Gasteiger partial charge in [-0.15, -0.1) is 0 Å². The molecule has 0 atom stereocenters. The summed E-state index contributed by atoms with van der Waals surface area (Å²) in [6.45, 7) is 17.0. The van der Waals surface area contributed by atoms with Crippen molar-refractivity contribution in [3.8, 4) is 0 Å². The molecule has 0 amide bonds. The van der Waals surface area contributed by atoms with Crippen LogP contribution in [0.4, 0.5) is 0 Å². The summed E-state index contributed by atoms with van der Waals surface area (Å²) in [5.41, 5.74) is 0. The molecule has 0 N–H and O–H groups in total. The molecule has 0 aromatic heterocycles. The maximum Gasteiger partial charge on any atom is 0.501 e. The number of hydrogen-bond donors (Lipinski definition) is 0. The summed E-state index contributed by atoms with van der Waals surface area (Å²) in [5, 5.41) is 0. The summed E-state index contributed by atoms with van der Waals surface area (Å²) >= 11 is 0. The second kappa shape index (κ2) is 23.6. The molecule has 200 valence electrons. The van der Waals surface area contributed by atoms with Crippen LogP contribution < -0.4 is 0 Å². The molecule has 6 nitrogen and oxygen atoms in total. The van der Waals surface area contributed by atoms with Crippen molar-refractivity contribution in [3.63, 3.8) is 0 Å². The fourth-order valence-electron chi connectivity index (χ4n) is 2.66. The van der Waals surface area contributed by atoms with Crippen LogP contribution in [0.5, 0.6) is 0 Å². The topological polar surface area (TPSA) is 55.4 Å². The molecular formula is C22H50O6S3Si2. The Labute approximate surface area is 218 Å². The zero-order valence-corrected chi connectivity index (χ0v) is 26.4. The van der Waals surface area contributed by atoms with Gasteiger partial charge < -0.3 is 26.6 Å². The summed E-state index contributed by atoms with van der Waals surface area (Å²) in [6.07, 6.45) is 5.85. The van der Waals surface area contributed by atoms with Crippen LogP contribution >= 0.6 is 31.4 Å². The Hall–Kier alpha value is 1.24. The molecule has 0 saturated carbocycles. The standard InChI is InChI=1S/C22H50O6S3Si2/c1-7-13-23-32(24-14-8-2,25-15-9-3)21-19-29-31-30-20-22-33(26-16-10-4,27-17-11-5)28-18-12-6/h7-22H2,1-6H3. The maximum absolute atomic E-state index is 6.19. The number of hydrogen-bond acceptors (Lipinski definition) is 9. The van der Waals surface area contributed by atoms with Crippen LogP contribution in [0.2, 0.25) is 12.1 Å². The first kappa shape index (κ1) is 34.2. The Morgan fingerprint density at radius 1 is 0.424 bits per heavy atom. The van der Waals surface area contributed by atoms with E-state index < -0.39 is 17.6 Å². The van der Waals surface area contributed by atoms with E-state index in [0.717, 1.165) is 62.1 Å². The predicted molar refractivity (Wildman–Crippen MR) is 151 cm³/mol. The Bertz CT molecular complexity index is 348. The van der Waals surface area contributed by atoms with Crippen molar-refractivity contribution in [1.29, 1.82) is 0 Å². The van der Waals surface area contributed by atoms with Crippen LogP contribution in [0.1, 0.15) is 80.1 Å². The minimum atomic E-state index is -2.60. The lowest BCUT2D eigenvalue weighted by Gasteiger charge is -2.29. The Kier molecular flexibility index (Phi) is 24.5. The maximum atomic E-state index is 6.19. The first-order valence-corrected chi connectivity index (χ1v) is 20.5. The van der Waals surface area contributed by atoms with Crippen LogP contribution in [0.25, 0.3) is 0 Å². The second-order valence-corrected chi connectivity index (χ2v) is 17.6. The molecule has 0 aromatic carbocycles. The quantitative estimate of drug-likeness (QED) is 0.0607. The zero-order chi connectivity index (χ0) is 24.7. The zero-order valence-electron chi connectivity index (χ0n) is 22.0. The second-order valence-electron chi connectivity index (χ2n) is 7.67. The molecule has 0 radical (unpaired) electrons. The van der Waals surface area contributed by atoms with Gasteiger partial charge in [0.2, 0.25) is 0 Å². The highest BCUT2D eigenvalue weighted by Gasteiger charge is 2.41. The first-order valence-electron chi connectivity index (χ1n) is 12.8. The van der Waals surface area contributed by atoms with Crippen LogP contribution in [-0.2, 0) is 26.6 Å². The molecule has 0 saturated heterocycles. The lowest BCUT2D eigenvalue weighted by Crippen LogP contribution is -2.47. The van der Waals surface area contributed by atoms with E-state index in [1.165, 1.54) is 0 Å². The minimum Gasteiger partial charge on any atom is -0.373 e. The van der Waals surface area contributed by atoms with Crippen LogP contribution in [0.15, 0.2) is 0 Å². The van der Waals surface area contributed by atoms with Crippen molar-refractivity contribution in [2.24, 2.45) is 0 Å². The van der Waals surface area contributed by atoms with Gasteiger partial charge in [-0.2, -0.15) is 0 Å². The molecule has 0 aliphatic rings. The van der Waals surface area contributed by atoms with E-state index in [2.05, 4.69) is 41.5 Å². The summed E-state index contributed by atoms with van der Waals surface area (Å²) in [5.74, 6) is 1.91. The van der Waals surface area contributed by atoms with Gasteiger partial charge in [0.25, 0.3) is 0 Å². The van der Waals surface area contributed by atoms with Gasteiger partial charge in [-0.1, -0.05) is 63.1 Å². The van der Waals surface area contributed by atoms with E-state index in [9.17, 15) is 0 Å². The highest BCUT2D eigenvalue weighted by atomic mass is 33.5. The van der Waals surface area contributed by atoms with E-state index >= 15 is 0 Å². The molecule has 0 aliphatic heterocycles. The molecule has 0 unspecified atom stereocenters. The summed E-state index contributed by atoms with van der Waals surface area (Å²) in [6, 6.07) is 1.70. The Balaban J connectivity index is 4.60. The summed E-state index contributed by atoms with van der Waals surface area (Å²) in [7, 11) is 0.329. The van der Waals surface area contributed by atoms with Crippen molar-refractivity contribution in [1.82, 2.24) is 0 Å². The molecule has 0 aliphatic carbocycles. The molecule has 11 heteroatoms. The molecule has 0 aromatic rings. The Morgan fingerprint density at radius 3 is 0.879 bits per heavy atom. The van der Waals surface area contributed by atoms with Gasteiger partial charge in [0, 0.05) is 63.2 Å². The fourth-order valence-corrected chi connectivity index (χ4v) is 13.9. The van der Waals surface area contributed by atoms with Crippen molar-refractivity contribution in [2.75, 3.05) is 51.1 Å². The lowest BCUT2D eigenvalue weighted by molar-refractivity contribution is 0.0601. The predicted octanol–water partition coefficient (Wildman–Crippen LogP) is 7.45. The monoisotopic (exact) mass is 562 g/mol. The first-order chi connectivity index (χ1) is 16.1. The van der Waals surface area contributed by atoms with E-state index in [0.29, 0.717) is 39.6 Å². The molecule has 0 fully saturated rings. The van der Waals surface area contributed by atoms with E-state index in [-0.39, 0.29) is 0 Å². The normalized spacial score (nSPS) is 12.5. The summed E-state index contributed by atoms with van der Waals surface area (Å²) < 4.78 is 37.1. The molecular weight excluding hydrogens is 513 g/mol. The number of rotatable bonds is 26. The van der Waals surface area contributed by atoms with Gasteiger partial charge in [-0.05, 0) is 48.4 Å². The SMILES string of the molecule is CCCO[Si](CCSSSCC[Si](OCCC)(OCCC)OCCC)(OCCC)OCCC. The molecule has 0 rings (SSSR count). The summed E-state index contributed by atoms with van der Waals surface area (Å²) in [4.78, 5) is 0. The molecule has 0 bridgehead atoms. The van der Waals surface area contributed by atoms with Gasteiger partial charge in [0.15, 0.2) is 0 Å². The minimum absolute atomic E-state index is 0.701. The average Bonchev–Trinajstić information content (AvgIpc) is 2.84. The van der Waals surface area contributed by atoms with Crippen LogP contribution in [-0.4, -0.2) is 68.8 Å². The lowest BCUT2D eigenvalue weighted by atomic mass is 10.5. The molecule has 33 heavy (non-hydrogen) atoms. The van der Waals surface area contributed by atoms with Crippen LogP contribution in [0.3, 0.4) is 0 Å². The smallest absolute Gasteiger partial charge is 0.373 e. The largest absolute Gasteiger partial charge is 0.501 e. The third-order valence-corrected chi connectivity index (χ3v) is 14.8. The van der Waals surface area contributed by atoms with Crippen molar-refractivity contribution < 1.29 is 26.6 Å². The van der Waals surface area contributed by atoms with Crippen LogP contribution in [0, 0.1) is 0 Å². The van der Waals surface area contributed by atoms with Gasteiger partial charge in [0.05, 0.1) is 0 Å². The highest BCUT2D eigenvalue weighted by Crippen LogP contribution is 2.38. The van der Waals surface area contributed by atoms with Gasteiger partial charge in [-0.3, -0.25) is 0 Å². The molecule has 0 spiro atoms. The van der Waals surface area contributed by atoms with E-state index in [4.69, 9.17) is 26.6 Å². The van der Waals surface area contributed by atoms with E-state index in [1.807, 2.05) is 31.4 Å². The third kappa shape index (κ3) is 17.4. The van der Waals surface area contributed by atoms with Gasteiger partial charge in [-0.25, -0.2) is 0 Å². The third-order valence-electron chi connectivity index (χ3n) is 4.24. The van der Waals surface area contributed by atoms with Gasteiger partial charge in [0.1, 0.15) is 0 Å². The molecule has 0 heterocycles. The highest BCUT2D eigenvalue weighted by molar-refractivity contribution is 9.09. The van der Waals surface area contributed by atoms with Crippen molar-refractivity contribution in [2.45, 2.75) is 92.2 Å².